The first kappa shape index (κ1) is 19.4. The maximum Gasteiger partial charge on any atom is 0.416 e. The molecule has 2 N–H and O–H groups in total. The third kappa shape index (κ3) is 4.89. The van der Waals surface area contributed by atoms with Crippen LogP contribution in [0.3, 0.4) is 0 Å². The molecule has 0 atom stereocenters. The summed E-state index contributed by atoms with van der Waals surface area (Å²) in [5.74, 6) is 0. The van der Waals surface area contributed by atoms with E-state index in [0.29, 0.717) is 17.8 Å². The predicted octanol–water partition coefficient (Wildman–Crippen LogP) is 4.77. The van der Waals surface area contributed by atoms with Crippen LogP contribution < -0.4 is 10.6 Å². The van der Waals surface area contributed by atoms with Crippen LogP contribution in [0.2, 0.25) is 0 Å². The van der Waals surface area contributed by atoms with E-state index < -0.39 is 11.7 Å². The van der Waals surface area contributed by atoms with Crippen molar-refractivity contribution in [2.45, 2.75) is 19.6 Å². The van der Waals surface area contributed by atoms with Gasteiger partial charge < -0.3 is 10.6 Å². The number of hydrogen-bond donors (Lipinski definition) is 2. The van der Waals surface area contributed by atoms with Crippen LogP contribution in [0.25, 0.3) is 0 Å². The summed E-state index contributed by atoms with van der Waals surface area (Å²) >= 11 is 2.18. The summed E-state index contributed by atoms with van der Waals surface area (Å²) in [6, 6.07) is 10.4. The quantitative estimate of drug-likeness (QED) is 0.625. The molecule has 7 heteroatoms. The van der Waals surface area contributed by atoms with E-state index in [4.69, 9.17) is 0 Å². The fraction of sp³-hybridized carbons (Fsp3) is 0.368. The molecule has 2 aromatic carbocycles. The molecule has 2 aromatic rings. The summed E-state index contributed by atoms with van der Waals surface area (Å²) in [6.07, 6.45) is -4.37. The Bertz CT molecular complexity index is 771. The Kier molecular flexibility index (Phi) is 6.09. The highest BCUT2D eigenvalue weighted by Crippen LogP contribution is 2.35. The number of hydrogen-bond acceptors (Lipinski definition) is 3. The highest BCUT2D eigenvalue weighted by atomic mass is 127. The molecule has 0 aliphatic carbocycles. The average Bonchev–Trinajstić information content (AvgIpc) is 2.58. The van der Waals surface area contributed by atoms with Gasteiger partial charge in [-0.05, 0) is 64.9 Å². The maximum absolute atomic E-state index is 13.6. The van der Waals surface area contributed by atoms with Gasteiger partial charge in [0.05, 0.1) is 11.3 Å². The van der Waals surface area contributed by atoms with E-state index in [1.807, 2.05) is 25.1 Å². The van der Waals surface area contributed by atoms with Crippen molar-refractivity contribution >= 4 is 34.0 Å². The normalized spacial score (nSPS) is 15.9. The van der Waals surface area contributed by atoms with Crippen molar-refractivity contribution in [3.8, 4) is 0 Å². The molecular formula is C19H21F3IN3. The number of aryl methyl sites for hydroxylation is 1. The monoisotopic (exact) mass is 475 g/mol. The standard InChI is InChI=1S/C19H21F3IN3/c1-13-2-5-18(17(23)10-13)25-15-4-3-14(16(11-15)19(20,21)22)12-26-8-6-24-7-9-26/h2-5,10-11,24-25H,6-9,12H2,1H3. The summed E-state index contributed by atoms with van der Waals surface area (Å²) in [5, 5.41) is 6.33. The van der Waals surface area contributed by atoms with Gasteiger partial charge in [0.2, 0.25) is 0 Å². The van der Waals surface area contributed by atoms with Gasteiger partial charge >= 0.3 is 6.18 Å². The number of benzene rings is 2. The minimum absolute atomic E-state index is 0.318. The lowest BCUT2D eigenvalue weighted by molar-refractivity contribution is -0.138. The van der Waals surface area contributed by atoms with Gasteiger partial charge in [0, 0.05) is 42.0 Å². The lowest BCUT2D eigenvalue weighted by Crippen LogP contribution is -2.43. The van der Waals surface area contributed by atoms with Gasteiger partial charge in [-0.15, -0.1) is 0 Å². The van der Waals surface area contributed by atoms with Gasteiger partial charge in [0.1, 0.15) is 0 Å². The zero-order valence-corrected chi connectivity index (χ0v) is 16.6. The predicted molar refractivity (Wildman–Crippen MR) is 107 cm³/mol. The van der Waals surface area contributed by atoms with Gasteiger partial charge in [0.15, 0.2) is 0 Å². The highest BCUT2D eigenvalue weighted by molar-refractivity contribution is 14.1. The Morgan fingerprint density at radius 2 is 1.85 bits per heavy atom. The van der Waals surface area contributed by atoms with Gasteiger partial charge in [0.25, 0.3) is 0 Å². The topological polar surface area (TPSA) is 27.3 Å². The average molecular weight is 475 g/mol. The number of nitrogens with one attached hydrogen (secondary N) is 2. The Balaban J connectivity index is 1.86. The minimum Gasteiger partial charge on any atom is -0.355 e. The van der Waals surface area contributed by atoms with Crippen molar-refractivity contribution in [2.75, 3.05) is 31.5 Å². The smallest absolute Gasteiger partial charge is 0.355 e. The molecule has 26 heavy (non-hydrogen) atoms. The second kappa shape index (κ2) is 8.14. The molecule has 1 aliphatic heterocycles. The molecule has 1 fully saturated rings. The molecule has 1 saturated heterocycles. The molecule has 140 valence electrons. The summed E-state index contributed by atoms with van der Waals surface area (Å²) in [5.41, 5.74) is 2.12. The number of rotatable bonds is 4. The van der Waals surface area contributed by atoms with E-state index in [1.165, 1.54) is 6.07 Å². The van der Waals surface area contributed by atoms with Crippen LogP contribution in [0.4, 0.5) is 24.5 Å². The van der Waals surface area contributed by atoms with Crippen LogP contribution in [0.15, 0.2) is 36.4 Å². The first-order chi connectivity index (χ1) is 12.3. The zero-order chi connectivity index (χ0) is 18.7. The number of halogens is 4. The molecule has 1 heterocycles. The van der Waals surface area contributed by atoms with Crippen molar-refractivity contribution < 1.29 is 13.2 Å². The van der Waals surface area contributed by atoms with E-state index in [1.54, 1.807) is 12.1 Å². The maximum atomic E-state index is 13.6. The van der Waals surface area contributed by atoms with Gasteiger partial charge in [-0.1, -0.05) is 12.1 Å². The molecule has 0 aromatic heterocycles. The highest BCUT2D eigenvalue weighted by Gasteiger charge is 2.34. The van der Waals surface area contributed by atoms with Crippen molar-refractivity contribution in [2.24, 2.45) is 0 Å². The van der Waals surface area contributed by atoms with E-state index in [2.05, 4.69) is 38.1 Å². The first-order valence-corrected chi connectivity index (χ1v) is 9.57. The van der Waals surface area contributed by atoms with Gasteiger partial charge in [-0.3, -0.25) is 4.90 Å². The SMILES string of the molecule is Cc1ccc(Nc2ccc(CN3CCNCC3)c(C(F)(F)F)c2)c(I)c1. The van der Waals surface area contributed by atoms with Crippen LogP contribution >= 0.6 is 22.6 Å². The molecular weight excluding hydrogens is 454 g/mol. The molecule has 1 aliphatic rings. The number of alkyl halides is 3. The lowest BCUT2D eigenvalue weighted by atomic mass is 10.0. The molecule has 0 radical (unpaired) electrons. The van der Waals surface area contributed by atoms with Crippen molar-refractivity contribution in [3.63, 3.8) is 0 Å². The number of anilines is 2. The van der Waals surface area contributed by atoms with Crippen molar-refractivity contribution in [1.82, 2.24) is 10.2 Å². The van der Waals surface area contributed by atoms with E-state index in [-0.39, 0.29) is 0 Å². The van der Waals surface area contributed by atoms with Gasteiger partial charge in [-0.25, -0.2) is 0 Å². The minimum atomic E-state index is -4.37. The Hall–Kier alpha value is -1.32. The molecule has 0 saturated carbocycles. The number of nitrogens with zero attached hydrogens (tertiary/aromatic N) is 1. The summed E-state index contributed by atoms with van der Waals surface area (Å²) in [7, 11) is 0. The fourth-order valence-corrected chi connectivity index (χ4v) is 3.85. The third-order valence-electron chi connectivity index (χ3n) is 4.42. The molecule has 0 amide bonds. The Morgan fingerprint density at radius 1 is 1.12 bits per heavy atom. The van der Waals surface area contributed by atoms with Crippen LogP contribution in [0, 0.1) is 10.5 Å². The Labute approximate surface area is 165 Å². The first-order valence-electron chi connectivity index (χ1n) is 8.49. The Morgan fingerprint density at radius 3 is 2.50 bits per heavy atom. The van der Waals surface area contributed by atoms with E-state index >= 15 is 0 Å². The van der Waals surface area contributed by atoms with Gasteiger partial charge in [-0.2, -0.15) is 13.2 Å². The van der Waals surface area contributed by atoms with Crippen LogP contribution in [-0.2, 0) is 12.7 Å². The number of piperazine rings is 1. The molecule has 0 bridgehead atoms. The summed E-state index contributed by atoms with van der Waals surface area (Å²) in [6.45, 7) is 5.45. The zero-order valence-electron chi connectivity index (χ0n) is 14.5. The second-order valence-electron chi connectivity index (χ2n) is 6.50. The summed E-state index contributed by atoms with van der Waals surface area (Å²) in [4.78, 5) is 2.05. The van der Waals surface area contributed by atoms with Crippen molar-refractivity contribution in [3.05, 3.63) is 56.7 Å². The molecule has 0 spiro atoms. The van der Waals surface area contributed by atoms with Crippen LogP contribution in [-0.4, -0.2) is 31.1 Å². The van der Waals surface area contributed by atoms with E-state index in [0.717, 1.165) is 41.0 Å². The van der Waals surface area contributed by atoms with Crippen LogP contribution in [0.5, 0.6) is 0 Å². The van der Waals surface area contributed by atoms with Crippen LogP contribution in [0.1, 0.15) is 16.7 Å². The largest absolute Gasteiger partial charge is 0.416 e. The molecule has 0 unspecified atom stereocenters. The molecule has 3 rings (SSSR count). The third-order valence-corrected chi connectivity index (χ3v) is 5.31. The van der Waals surface area contributed by atoms with E-state index in [9.17, 15) is 13.2 Å². The second-order valence-corrected chi connectivity index (χ2v) is 7.67. The lowest BCUT2D eigenvalue weighted by Gasteiger charge is -2.28. The van der Waals surface area contributed by atoms with Crippen molar-refractivity contribution in [1.29, 1.82) is 0 Å². The molecule has 3 nitrogen and oxygen atoms in total. The summed E-state index contributed by atoms with van der Waals surface area (Å²) < 4.78 is 41.8. The fourth-order valence-electron chi connectivity index (χ4n) is 3.04.